The van der Waals surface area contributed by atoms with E-state index in [-0.39, 0.29) is 11.8 Å². The summed E-state index contributed by atoms with van der Waals surface area (Å²) in [4.78, 5) is 0. The van der Waals surface area contributed by atoms with E-state index in [1.165, 1.54) is 4.68 Å². The van der Waals surface area contributed by atoms with Gasteiger partial charge < -0.3 is 10.5 Å². The van der Waals surface area contributed by atoms with Gasteiger partial charge in [-0.3, -0.25) is 0 Å². The number of alkyl halides is 2. The molecule has 0 aliphatic carbocycles. The molecule has 1 rings (SSSR count). The van der Waals surface area contributed by atoms with Gasteiger partial charge in [-0.25, -0.2) is 13.5 Å². The van der Waals surface area contributed by atoms with Gasteiger partial charge >= 0.3 is 0 Å². The van der Waals surface area contributed by atoms with Crippen LogP contribution in [0.4, 0.5) is 14.5 Å². The van der Waals surface area contributed by atoms with Crippen LogP contribution in [-0.2, 0) is 7.05 Å². The minimum atomic E-state index is -2.51. The maximum Gasteiger partial charge on any atom is 0.272 e. The number of nitrogen functional groups attached to an aromatic ring is 1. The molecular formula is C9H15F2N3O. The van der Waals surface area contributed by atoms with Crippen LogP contribution in [0, 0.1) is 0 Å². The molecule has 1 aromatic heterocycles. The van der Waals surface area contributed by atoms with Crippen LogP contribution in [0.25, 0.3) is 0 Å². The van der Waals surface area contributed by atoms with E-state index in [0.717, 1.165) is 0 Å². The number of nitrogens with zero attached hydrogens (tertiary/aromatic N) is 2. The molecule has 2 N–H and O–H groups in total. The number of rotatable bonds is 4. The fraction of sp³-hybridized carbons (Fsp3) is 0.667. The smallest absolute Gasteiger partial charge is 0.272 e. The van der Waals surface area contributed by atoms with Crippen LogP contribution in [0.5, 0.6) is 5.88 Å². The standard InChI is InChI=1S/C9H15F2N3O/c1-5(2)8-7(12)9(14(3)13-8)15-4-6(10)11/h5-6H,4,12H2,1-3H3. The Hall–Kier alpha value is -1.33. The number of hydrogen-bond donors (Lipinski definition) is 1. The fourth-order valence-corrected chi connectivity index (χ4v) is 1.28. The van der Waals surface area contributed by atoms with Crippen molar-refractivity contribution in [2.45, 2.75) is 26.2 Å². The molecule has 1 aromatic rings. The Morgan fingerprint density at radius 1 is 1.47 bits per heavy atom. The number of ether oxygens (including phenoxy) is 1. The van der Waals surface area contributed by atoms with Crippen LogP contribution < -0.4 is 10.5 Å². The Bertz CT molecular complexity index is 336. The lowest BCUT2D eigenvalue weighted by Crippen LogP contribution is -2.10. The minimum absolute atomic E-state index is 0.139. The second-order valence-electron chi connectivity index (χ2n) is 3.58. The third-order valence-corrected chi connectivity index (χ3v) is 1.95. The molecule has 0 aliphatic heterocycles. The molecule has 1 heterocycles. The molecular weight excluding hydrogens is 204 g/mol. The lowest BCUT2D eigenvalue weighted by molar-refractivity contribution is 0.0778. The molecule has 0 spiro atoms. The molecule has 15 heavy (non-hydrogen) atoms. The topological polar surface area (TPSA) is 53.1 Å². The van der Waals surface area contributed by atoms with Gasteiger partial charge in [0, 0.05) is 7.05 Å². The highest BCUT2D eigenvalue weighted by Gasteiger charge is 2.18. The molecule has 0 saturated heterocycles. The summed E-state index contributed by atoms with van der Waals surface area (Å²) in [6.07, 6.45) is -2.51. The van der Waals surface area contributed by atoms with Crippen molar-refractivity contribution < 1.29 is 13.5 Å². The SMILES string of the molecule is CC(C)c1nn(C)c(OCC(F)F)c1N. The highest BCUT2D eigenvalue weighted by atomic mass is 19.3. The predicted molar refractivity (Wildman–Crippen MR) is 53.2 cm³/mol. The third-order valence-electron chi connectivity index (χ3n) is 1.95. The number of hydrogen-bond acceptors (Lipinski definition) is 3. The van der Waals surface area contributed by atoms with Crippen LogP contribution in [-0.4, -0.2) is 22.8 Å². The molecule has 0 fully saturated rings. The summed E-state index contributed by atoms with van der Waals surface area (Å²) < 4.78 is 30.2. The number of aromatic nitrogens is 2. The summed E-state index contributed by atoms with van der Waals surface area (Å²) in [6, 6.07) is 0. The second kappa shape index (κ2) is 4.46. The summed E-state index contributed by atoms with van der Waals surface area (Å²) in [6.45, 7) is 3.19. The molecule has 0 bridgehead atoms. The lowest BCUT2D eigenvalue weighted by Gasteiger charge is -2.06. The first-order chi connectivity index (χ1) is 6.93. The number of halogens is 2. The molecule has 0 aromatic carbocycles. The highest BCUT2D eigenvalue weighted by Crippen LogP contribution is 2.29. The Balaban J connectivity index is 2.88. The van der Waals surface area contributed by atoms with Crippen molar-refractivity contribution in [1.82, 2.24) is 9.78 Å². The van der Waals surface area contributed by atoms with Gasteiger partial charge in [0.05, 0.1) is 5.69 Å². The molecule has 0 saturated carbocycles. The lowest BCUT2D eigenvalue weighted by atomic mass is 10.1. The van der Waals surface area contributed by atoms with Gasteiger partial charge in [0.25, 0.3) is 6.43 Å². The van der Waals surface area contributed by atoms with Crippen molar-refractivity contribution in [3.05, 3.63) is 5.69 Å². The van der Waals surface area contributed by atoms with Crippen LogP contribution in [0.2, 0.25) is 0 Å². The van der Waals surface area contributed by atoms with Gasteiger partial charge in [0.2, 0.25) is 5.88 Å². The molecule has 0 unspecified atom stereocenters. The first-order valence-corrected chi connectivity index (χ1v) is 4.66. The number of aryl methyl sites for hydroxylation is 1. The molecule has 0 radical (unpaired) electrons. The average Bonchev–Trinajstić information content (AvgIpc) is 2.39. The van der Waals surface area contributed by atoms with Crippen molar-refractivity contribution in [1.29, 1.82) is 0 Å². The number of anilines is 1. The van der Waals surface area contributed by atoms with Gasteiger partial charge in [-0.15, -0.1) is 0 Å². The van der Waals surface area contributed by atoms with Gasteiger partial charge in [-0.05, 0) is 5.92 Å². The van der Waals surface area contributed by atoms with E-state index in [1.54, 1.807) is 7.05 Å². The van der Waals surface area contributed by atoms with Crippen molar-refractivity contribution in [2.75, 3.05) is 12.3 Å². The van der Waals surface area contributed by atoms with Crippen molar-refractivity contribution in [3.8, 4) is 5.88 Å². The van der Waals surface area contributed by atoms with Gasteiger partial charge in [-0.1, -0.05) is 13.8 Å². The molecule has 0 amide bonds. The van der Waals surface area contributed by atoms with E-state index in [0.29, 0.717) is 11.4 Å². The molecule has 86 valence electrons. The van der Waals surface area contributed by atoms with E-state index in [4.69, 9.17) is 10.5 Å². The van der Waals surface area contributed by atoms with Gasteiger partial charge in [0.15, 0.2) is 6.61 Å². The largest absolute Gasteiger partial charge is 0.470 e. The monoisotopic (exact) mass is 219 g/mol. The Morgan fingerprint density at radius 3 is 2.47 bits per heavy atom. The molecule has 4 nitrogen and oxygen atoms in total. The van der Waals surface area contributed by atoms with E-state index in [9.17, 15) is 8.78 Å². The summed E-state index contributed by atoms with van der Waals surface area (Å²) in [7, 11) is 1.61. The quantitative estimate of drug-likeness (QED) is 0.839. The zero-order valence-corrected chi connectivity index (χ0v) is 9.00. The van der Waals surface area contributed by atoms with E-state index in [2.05, 4.69) is 5.10 Å². The zero-order chi connectivity index (χ0) is 11.6. The van der Waals surface area contributed by atoms with Gasteiger partial charge in [-0.2, -0.15) is 5.10 Å². The minimum Gasteiger partial charge on any atom is -0.470 e. The maximum absolute atomic E-state index is 12.0. The van der Waals surface area contributed by atoms with Crippen LogP contribution >= 0.6 is 0 Å². The first-order valence-electron chi connectivity index (χ1n) is 4.66. The third kappa shape index (κ3) is 2.57. The van der Waals surface area contributed by atoms with Crippen LogP contribution in [0.15, 0.2) is 0 Å². The molecule has 6 heteroatoms. The normalized spacial score (nSPS) is 11.4. The number of nitrogens with two attached hydrogens (primary N) is 1. The van der Waals surface area contributed by atoms with Crippen molar-refractivity contribution in [2.24, 2.45) is 7.05 Å². The molecule has 0 aliphatic rings. The summed E-state index contributed by atoms with van der Waals surface area (Å²) in [5.74, 6) is 0.346. The Kier molecular flexibility index (Phi) is 3.49. The summed E-state index contributed by atoms with van der Waals surface area (Å²) in [5, 5.41) is 4.11. The fourth-order valence-electron chi connectivity index (χ4n) is 1.28. The van der Waals surface area contributed by atoms with Crippen LogP contribution in [0.1, 0.15) is 25.5 Å². The Morgan fingerprint density at radius 2 is 2.07 bits per heavy atom. The van der Waals surface area contributed by atoms with E-state index in [1.807, 2.05) is 13.8 Å². The zero-order valence-electron chi connectivity index (χ0n) is 9.00. The van der Waals surface area contributed by atoms with Crippen molar-refractivity contribution in [3.63, 3.8) is 0 Å². The van der Waals surface area contributed by atoms with E-state index >= 15 is 0 Å². The summed E-state index contributed by atoms with van der Waals surface area (Å²) >= 11 is 0. The first kappa shape index (κ1) is 11.7. The predicted octanol–water partition coefficient (Wildman–Crippen LogP) is 1.77. The van der Waals surface area contributed by atoms with E-state index < -0.39 is 13.0 Å². The molecule has 0 atom stereocenters. The highest BCUT2D eigenvalue weighted by molar-refractivity contribution is 5.54. The Labute approximate surface area is 87.0 Å². The van der Waals surface area contributed by atoms with Gasteiger partial charge in [0.1, 0.15) is 5.69 Å². The van der Waals surface area contributed by atoms with Crippen LogP contribution in [0.3, 0.4) is 0 Å². The van der Waals surface area contributed by atoms with Crippen molar-refractivity contribution >= 4 is 5.69 Å². The maximum atomic E-state index is 12.0. The average molecular weight is 219 g/mol. The summed E-state index contributed by atoms with van der Waals surface area (Å²) in [5.41, 5.74) is 6.75. The second-order valence-corrected chi connectivity index (χ2v) is 3.58.